The second-order valence-corrected chi connectivity index (χ2v) is 5.03. The predicted octanol–water partition coefficient (Wildman–Crippen LogP) is 1.90. The van der Waals surface area contributed by atoms with Crippen molar-refractivity contribution in [1.29, 1.82) is 0 Å². The van der Waals surface area contributed by atoms with Crippen LogP contribution in [0.15, 0.2) is 36.7 Å². The summed E-state index contributed by atoms with van der Waals surface area (Å²) in [5.74, 6) is 0.833. The summed E-state index contributed by atoms with van der Waals surface area (Å²) in [6.07, 6.45) is 4.92. The average Bonchev–Trinajstić information content (AvgIpc) is 2.80. The van der Waals surface area contributed by atoms with Crippen molar-refractivity contribution in [2.24, 2.45) is 7.05 Å². The van der Waals surface area contributed by atoms with Crippen molar-refractivity contribution in [3.8, 4) is 5.75 Å². The van der Waals surface area contributed by atoms with Crippen LogP contribution >= 0.6 is 0 Å². The number of hydrogen-bond acceptors (Lipinski definition) is 4. The zero-order chi connectivity index (χ0) is 14.4. The summed E-state index contributed by atoms with van der Waals surface area (Å²) in [4.78, 5) is 2.26. The summed E-state index contributed by atoms with van der Waals surface area (Å²) < 4.78 is 7.49. The topological polar surface area (TPSA) is 56.3 Å². The summed E-state index contributed by atoms with van der Waals surface area (Å²) in [5, 5.41) is 4.17. The molecule has 2 rings (SSSR count). The Morgan fingerprint density at radius 1 is 1.40 bits per heavy atom. The van der Waals surface area contributed by atoms with Crippen molar-refractivity contribution >= 4 is 5.69 Å². The molecule has 0 bridgehead atoms. The summed E-state index contributed by atoms with van der Waals surface area (Å²) >= 11 is 0. The molecule has 1 heterocycles. The minimum atomic E-state index is 0.695. The van der Waals surface area contributed by atoms with Crippen LogP contribution in [0.5, 0.6) is 5.75 Å². The van der Waals surface area contributed by atoms with Crippen molar-refractivity contribution < 1.29 is 4.74 Å². The molecule has 2 N–H and O–H groups in total. The van der Waals surface area contributed by atoms with Crippen molar-refractivity contribution in [3.05, 3.63) is 42.2 Å². The normalized spacial score (nSPS) is 10.9. The fourth-order valence-electron chi connectivity index (χ4n) is 2.07. The highest BCUT2D eigenvalue weighted by molar-refractivity contribution is 5.43. The van der Waals surface area contributed by atoms with Crippen LogP contribution in [0.3, 0.4) is 0 Å². The summed E-state index contributed by atoms with van der Waals surface area (Å²) in [6, 6.07) is 7.53. The van der Waals surface area contributed by atoms with Gasteiger partial charge in [0.2, 0.25) is 0 Å². The molecule has 0 aliphatic rings. The molecule has 0 spiro atoms. The molecule has 1 aromatic heterocycles. The van der Waals surface area contributed by atoms with Gasteiger partial charge in [-0.1, -0.05) is 6.07 Å². The molecule has 108 valence electrons. The fraction of sp³-hybridized carbons (Fsp3) is 0.400. The molecule has 0 aliphatic carbocycles. The molecule has 5 nitrogen and oxygen atoms in total. The van der Waals surface area contributed by atoms with Gasteiger partial charge in [-0.25, -0.2) is 0 Å². The number of rotatable bonds is 7. The highest BCUT2D eigenvalue weighted by Gasteiger charge is 2.02. The van der Waals surface area contributed by atoms with E-state index >= 15 is 0 Å². The van der Waals surface area contributed by atoms with Gasteiger partial charge in [0.25, 0.3) is 0 Å². The van der Waals surface area contributed by atoms with E-state index in [2.05, 4.69) is 17.0 Å². The number of hydrogen-bond donors (Lipinski definition) is 1. The van der Waals surface area contributed by atoms with E-state index in [1.165, 1.54) is 5.56 Å². The van der Waals surface area contributed by atoms with E-state index < -0.39 is 0 Å². The molecule has 1 aromatic carbocycles. The van der Waals surface area contributed by atoms with E-state index in [1.807, 2.05) is 48.4 Å². The van der Waals surface area contributed by atoms with Crippen LogP contribution in [-0.4, -0.2) is 34.9 Å². The van der Waals surface area contributed by atoms with Crippen LogP contribution in [-0.2, 0) is 13.6 Å². The minimum absolute atomic E-state index is 0.695. The largest absolute Gasteiger partial charge is 0.493 e. The number of benzene rings is 1. The minimum Gasteiger partial charge on any atom is -0.493 e. The molecular weight excluding hydrogens is 252 g/mol. The second-order valence-electron chi connectivity index (χ2n) is 5.03. The second kappa shape index (κ2) is 6.96. The first kappa shape index (κ1) is 14.4. The lowest BCUT2D eigenvalue weighted by Crippen LogP contribution is -2.20. The van der Waals surface area contributed by atoms with Crippen LogP contribution in [0.1, 0.15) is 12.0 Å². The van der Waals surface area contributed by atoms with Crippen LogP contribution in [0.25, 0.3) is 0 Å². The summed E-state index contributed by atoms with van der Waals surface area (Å²) in [5.41, 5.74) is 7.66. The number of nitrogen functional groups attached to an aromatic ring is 1. The third-order valence-corrected chi connectivity index (χ3v) is 3.02. The van der Waals surface area contributed by atoms with Crippen molar-refractivity contribution in [2.45, 2.75) is 13.0 Å². The summed E-state index contributed by atoms with van der Waals surface area (Å²) in [7, 11) is 4.04. The summed E-state index contributed by atoms with van der Waals surface area (Å²) in [6.45, 7) is 2.59. The van der Waals surface area contributed by atoms with Gasteiger partial charge in [-0.15, -0.1) is 0 Å². The van der Waals surface area contributed by atoms with Gasteiger partial charge in [0, 0.05) is 43.7 Å². The van der Waals surface area contributed by atoms with Crippen molar-refractivity contribution in [3.63, 3.8) is 0 Å². The number of ether oxygens (including phenoxy) is 1. The first-order chi connectivity index (χ1) is 9.63. The molecule has 5 heteroatoms. The highest BCUT2D eigenvalue weighted by Crippen LogP contribution is 2.14. The molecular formula is C15H22N4O. The maximum absolute atomic E-state index is 5.70. The number of anilines is 1. The molecule has 0 atom stereocenters. The number of nitrogens with zero attached hydrogens (tertiary/aromatic N) is 3. The van der Waals surface area contributed by atoms with E-state index in [0.717, 1.165) is 30.9 Å². The third kappa shape index (κ3) is 4.59. The Balaban J connectivity index is 1.65. The quantitative estimate of drug-likeness (QED) is 0.619. The maximum Gasteiger partial charge on any atom is 0.121 e. The number of aromatic nitrogens is 2. The molecule has 0 unspecified atom stereocenters. The number of aryl methyl sites for hydroxylation is 1. The molecule has 0 radical (unpaired) electrons. The van der Waals surface area contributed by atoms with Crippen LogP contribution in [0.4, 0.5) is 5.69 Å². The molecule has 0 saturated heterocycles. The smallest absolute Gasteiger partial charge is 0.121 e. The molecule has 0 aliphatic heterocycles. The van der Waals surface area contributed by atoms with Gasteiger partial charge in [-0.3, -0.25) is 4.68 Å². The Morgan fingerprint density at radius 2 is 2.25 bits per heavy atom. The van der Waals surface area contributed by atoms with Gasteiger partial charge >= 0.3 is 0 Å². The van der Waals surface area contributed by atoms with Gasteiger partial charge in [-0.2, -0.15) is 5.10 Å². The average molecular weight is 274 g/mol. The first-order valence-corrected chi connectivity index (χ1v) is 6.78. The Kier molecular flexibility index (Phi) is 5.01. The third-order valence-electron chi connectivity index (χ3n) is 3.02. The Morgan fingerprint density at radius 3 is 2.95 bits per heavy atom. The SMILES string of the molecule is CN(CCCOc1cccc(N)c1)Cc1cnn(C)c1. The Hall–Kier alpha value is -2.01. The van der Waals surface area contributed by atoms with Gasteiger partial charge in [0.15, 0.2) is 0 Å². The van der Waals surface area contributed by atoms with Crippen molar-refractivity contribution in [1.82, 2.24) is 14.7 Å². The molecule has 2 aromatic rings. The van der Waals surface area contributed by atoms with Crippen LogP contribution in [0.2, 0.25) is 0 Å². The van der Waals surface area contributed by atoms with Gasteiger partial charge in [0.05, 0.1) is 12.8 Å². The van der Waals surface area contributed by atoms with E-state index in [1.54, 1.807) is 0 Å². The van der Waals surface area contributed by atoms with Gasteiger partial charge < -0.3 is 15.4 Å². The number of nitrogens with two attached hydrogens (primary N) is 1. The van der Waals surface area contributed by atoms with E-state index in [-0.39, 0.29) is 0 Å². The van der Waals surface area contributed by atoms with E-state index in [4.69, 9.17) is 10.5 Å². The van der Waals surface area contributed by atoms with Gasteiger partial charge in [0.1, 0.15) is 5.75 Å². The Bertz CT molecular complexity index is 538. The van der Waals surface area contributed by atoms with E-state index in [0.29, 0.717) is 6.61 Å². The van der Waals surface area contributed by atoms with Crippen LogP contribution < -0.4 is 10.5 Å². The molecule has 0 saturated carbocycles. The lowest BCUT2D eigenvalue weighted by molar-refractivity contribution is 0.259. The van der Waals surface area contributed by atoms with Gasteiger partial charge in [-0.05, 0) is 25.6 Å². The zero-order valence-electron chi connectivity index (χ0n) is 12.1. The Labute approximate surface area is 119 Å². The monoisotopic (exact) mass is 274 g/mol. The molecule has 0 amide bonds. The molecule has 0 fully saturated rings. The van der Waals surface area contributed by atoms with E-state index in [9.17, 15) is 0 Å². The van der Waals surface area contributed by atoms with Crippen LogP contribution in [0, 0.1) is 0 Å². The zero-order valence-corrected chi connectivity index (χ0v) is 12.1. The predicted molar refractivity (Wildman–Crippen MR) is 80.5 cm³/mol. The lowest BCUT2D eigenvalue weighted by Gasteiger charge is -2.15. The molecule has 20 heavy (non-hydrogen) atoms. The standard InChI is InChI=1S/C15H22N4O/c1-18(11-13-10-17-19(2)12-13)7-4-8-20-15-6-3-5-14(16)9-15/h3,5-6,9-10,12H,4,7-8,11,16H2,1-2H3. The highest BCUT2D eigenvalue weighted by atomic mass is 16.5. The lowest BCUT2D eigenvalue weighted by atomic mass is 10.3. The maximum atomic E-state index is 5.70. The van der Waals surface area contributed by atoms with Crippen molar-refractivity contribution in [2.75, 3.05) is 25.9 Å². The fourth-order valence-corrected chi connectivity index (χ4v) is 2.07. The first-order valence-electron chi connectivity index (χ1n) is 6.78.